The number of likely N-dealkylation sites (N-methyl/N-ethyl adjacent to an activating group) is 1. The van der Waals surface area contributed by atoms with Gasteiger partial charge in [0.2, 0.25) is 0 Å². The maximum atomic E-state index is 12.9. The molecule has 82 valence electrons. The van der Waals surface area contributed by atoms with Crippen molar-refractivity contribution in [3.63, 3.8) is 0 Å². The molecule has 0 saturated carbocycles. The number of carbonyl (C=O) groups is 1. The van der Waals surface area contributed by atoms with Crippen LogP contribution in [0.15, 0.2) is 22.7 Å². The van der Waals surface area contributed by atoms with E-state index in [9.17, 15) is 9.18 Å². The summed E-state index contributed by atoms with van der Waals surface area (Å²) in [7, 11) is 1.66. The van der Waals surface area contributed by atoms with Gasteiger partial charge < -0.3 is 10.6 Å². The minimum atomic E-state index is -0.381. The Hall–Kier alpha value is -0.940. The lowest BCUT2D eigenvalue weighted by atomic mass is 10.2. The van der Waals surface area contributed by atoms with Gasteiger partial charge in [-0.1, -0.05) is 0 Å². The molecule has 0 aliphatic carbocycles. The van der Waals surface area contributed by atoms with Crippen molar-refractivity contribution in [3.8, 4) is 0 Å². The van der Waals surface area contributed by atoms with E-state index in [0.717, 1.165) is 0 Å². The summed E-state index contributed by atoms with van der Waals surface area (Å²) in [6, 6.07) is 4.17. The van der Waals surface area contributed by atoms with Gasteiger partial charge in [0.1, 0.15) is 5.82 Å². The number of amides is 1. The highest BCUT2D eigenvalue weighted by molar-refractivity contribution is 9.10. The number of hydrogen-bond acceptors (Lipinski definition) is 2. The highest BCUT2D eigenvalue weighted by Crippen LogP contribution is 2.17. The summed E-state index contributed by atoms with van der Waals surface area (Å²) in [5.74, 6) is -0.547. The van der Waals surface area contributed by atoms with Crippen LogP contribution in [0.2, 0.25) is 0 Å². The number of hydrogen-bond donors (Lipinski definition) is 1. The molecular weight excluding hydrogens is 263 g/mol. The van der Waals surface area contributed by atoms with Crippen LogP contribution in [0.3, 0.4) is 0 Å². The minimum Gasteiger partial charge on any atom is -0.340 e. The molecule has 0 unspecified atom stereocenters. The van der Waals surface area contributed by atoms with Crippen molar-refractivity contribution in [2.75, 3.05) is 20.1 Å². The number of nitrogens with two attached hydrogens (primary N) is 1. The van der Waals surface area contributed by atoms with E-state index >= 15 is 0 Å². The Morgan fingerprint density at radius 3 is 2.80 bits per heavy atom. The van der Waals surface area contributed by atoms with Gasteiger partial charge in [-0.3, -0.25) is 4.79 Å². The maximum absolute atomic E-state index is 12.9. The summed E-state index contributed by atoms with van der Waals surface area (Å²) in [6.07, 6.45) is 0. The molecule has 5 heteroatoms. The van der Waals surface area contributed by atoms with Crippen LogP contribution in [0.1, 0.15) is 10.4 Å². The van der Waals surface area contributed by atoms with Crippen LogP contribution in [0.25, 0.3) is 0 Å². The second-order valence-electron chi connectivity index (χ2n) is 3.14. The Morgan fingerprint density at radius 1 is 1.60 bits per heavy atom. The Kier molecular flexibility index (Phi) is 4.23. The van der Waals surface area contributed by atoms with Crippen molar-refractivity contribution in [3.05, 3.63) is 34.1 Å². The third kappa shape index (κ3) is 3.00. The standard InChI is InChI=1S/C10H12BrFN2O/c1-14(5-4-13)10(15)7-2-3-9(12)8(11)6-7/h2-3,6H,4-5,13H2,1H3. The molecule has 0 aliphatic rings. The first kappa shape index (κ1) is 12.1. The molecule has 0 radical (unpaired) electrons. The molecule has 1 aromatic carbocycles. The van der Waals surface area contributed by atoms with E-state index in [-0.39, 0.29) is 16.2 Å². The monoisotopic (exact) mass is 274 g/mol. The predicted octanol–water partition coefficient (Wildman–Crippen LogP) is 1.62. The van der Waals surface area contributed by atoms with Crippen molar-refractivity contribution in [2.45, 2.75) is 0 Å². The molecule has 0 bridgehead atoms. The van der Waals surface area contributed by atoms with Crippen molar-refractivity contribution in [1.82, 2.24) is 4.90 Å². The SMILES string of the molecule is CN(CCN)C(=O)c1ccc(F)c(Br)c1. The first-order valence-corrected chi connectivity index (χ1v) is 5.26. The van der Waals surface area contributed by atoms with Gasteiger partial charge in [-0.25, -0.2) is 4.39 Å². The zero-order valence-electron chi connectivity index (χ0n) is 8.34. The molecule has 15 heavy (non-hydrogen) atoms. The predicted molar refractivity (Wildman–Crippen MR) is 60.1 cm³/mol. The van der Waals surface area contributed by atoms with Gasteiger partial charge >= 0.3 is 0 Å². The van der Waals surface area contributed by atoms with Gasteiger partial charge in [-0.2, -0.15) is 0 Å². The van der Waals surface area contributed by atoms with Crippen LogP contribution in [0, 0.1) is 5.82 Å². The molecular formula is C10H12BrFN2O. The quantitative estimate of drug-likeness (QED) is 0.911. The third-order valence-electron chi connectivity index (χ3n) is 1.98. The summed E-state index contributed by atoms with van der Waals surface area (Å²) in [5.41, 5.74) is 5.78. The van der Waals surface area contributed by atoms with Gasteiger partial charge in [-0.05, 0) is 34.1 Å². The molecule has 0 spiro atoms. The Bertz CT molecular complexity index is 370. The molecule has 0 aromatic heterocycles. The minimum absolute atomic E-state index is 0.166. The second-order valence-corrected chi connectivity index (χ2v) is 4.00. The molecule has 0 saturated heterocycles. The van der Waals surface area contributed by atoms with Gasteiger partial charge in [0.25, 0.3) is 5.91 Å². The van der Waals surface area contributed by atoms with Crippen molar-refractivity contribution < 1.29 is 9.18 Å². The van der Waals surface area contributed by atoms with E-state index in [0.29, 0.717) is 18.7 Å². The number of nitrogens with zero attached hydrogens (tertiary/aromatic N) is 1. The van der Waals surface area contributed by atoms with E-state index < -0.39 is 0 Å². The topological polar surface area (TPSA) is 46.3 Å². The summed E-state index contributed by atoms with van der Waals surface area (Å²) in [6.45, 7) is 0.887. The normalized spacial score (nSPS) is 10.1. The largest absolute Gasteiger partial charge is 0.340 e. The maximum Gasteiger partial charge on any atom is 0.253 e. The Labute approximate surface area is 96.2 Å². The van der Waals surface area contributed by atoms with Crippen LogP contribution in [0.4, 0.5) is 4.39 Å². The first-order chi connectivity index (χ1) is 7.06. The molecule has 3 nitrogen and oxygen atoms in total. The lowest BCUT2D eigenvalue weighted by Crippen LogP contribution is -2.31. The van der Waals surface area contributed by atoms with E-state index in [1.165, 1.54) is 23.1 Å². The van der Waals surface area contributed by atoms with E-state index in [1.54, 1.807) is 7.05 Å². The number of rotatable bonds is 3. The lowest BCUT2D eigenvalue weighted by molar-refractivity contribution is 0.0799. The van der Waals surface area contributed by atoms with Gasteiger partial charge in [0.15, 0.2) is 0 Å². The fraction of sp³-hybridized carbons (Fsp3) is 0.300. The molecule has 0 atom stereocenters. The molecule has 0 heterocycles. The van der Waals surface area contributed by atoms with Crippen LogP contribution in [0.5, 0.6) is 0 Å². The zero-order valence-corrected chi connectivity index (χ0v) is 9.92. The van der Waals surface area contributed by atoms with E-state index in [4.69, 9.17) is 5.73 Å². The van der Waals surface area contributed by atoms with Crippen LogP contribution >= 0.6 is 15.9 Å². The summed E-state index contributed by atoms with van der Waals surface area (Å²) < 4.78 is 13.2. The Balaban J connectivity index is 2.87. The molecule has 1 rings (SSSR count). The highest BCUT2D eigenvalue weighted by Gasteiger charge is 2.12. The number of carbonyl (C=O) groups excluding carboxylic acids is 1. The fourth-order valence-corrected chi connectivity index (χ4v) is 1.52. The van der Waals surface area contributed by atoms with Crippen molar-refractivity contribution in [2.24, 2.45) is 5.73 Å². The summed E-state index contributed by atoms with van der Waals surface area (Å²) in [5, 5.41) is 0. The lowest BCUT2D eigenvalue weighted by Gasteiger charge is -2.15. The van der Waals surface area contributed by atoms with Crippen LogP contribution < -0.4 is 5.73 Å². The average molecular weight is 275 g/mol. The average Bonchev–Trinajstić information content (AvgIpc) is 2.21. The Morgan fingerprint density at radius 2 is 2.27 bits per heavy atom. The molecule has 0 aliphatic heterocycles. The van der Waals surface area contributed by atoms with Gasteiger partial charge in [0.05, 0.1) is 4.47 Å². The van der Waals surface area contributed by atoms with Crippen molar-refractivity contribution >= 4 is 21.8 Å². The van der Waals surface area contributed by atoms with Crippen LogP contribution in [-0.2, 0) is 0 Å². The van der Waals surface area contributed by atoms with Crippen LogP contribution in [-0.4, -0.2) is 30.9 Å². The van der Waals surface area contributed by atoms with Crippen molar-refractivity contribution in [1.29, 1.82) is 0 Å². The van der Waals surface area contributed by atoms with Gasteiger partial charge in [0, 0.05) is 25.7 Å². The number of benzene rings is 1. The van der Waals surface area contributed by atoms with Gasteiger partial charge in [-0.15, -0.1) is 0 Å². The summed E-state index contributed by atoms with van der Waals surface area (Å²) >= 11 is 3.03. The zero-order chi connectivity index (χ0) is 11.4. The highest BCUT2D eigenvalue weighted by atomic mass is 79.9. The summed E-state index contributed by atoms with van der Waals surface area (Å²) in [4.78, 5) is 13.2. The third-order valence-corrected chi connectivity index (χ3v) is 2.59. The number of halogens is 2. The first-order valence-electron chi connectivity index (χ1n) is 4.47. The molecule has 0 fully saturated rings. The van der Waals surface area contributed by atoms with E-state index in [2.05, 4.69) is 15.9 Å². The second kappa shape index (κ2) is 5.23. The fourth-order valence-electron chi connectivity index (χ4n) is 1.14. The molecule has 2 N–H and O–H groups in total. The molecule has 1 aromatic rings. The smallest absolute Gasteiger partial charge is 0.253 e. The van der Waals surface area contributed by atoms with E-state index in [1.807, 2.05) is 0 Å². The molecule has 1 amide bonds.